The Bertz CT molecular complexity index is 1290. The molecule has 5 rings (SSSR count). The maximum Gasteiger partial charge on any atom is 0.257 e. The first-order valence-corrected chi connectivity index (χ1v) is 12.4. The highest BCUT2D eigenvalue weighted by molar-refractivity contribution is 6.30. The van der Waals surface area contributed by atoms with E-state index in [1.54, 1.807) is 50.2 Å². The van der Waals surface area contributed by atoms with Crippen LogP contribution >= 0.6 is 23.2 Å². The zero-order valence-electron chi connectivity index (χ0n) is 19.8. The minimum absolute atomic E-state index is 0.0260. The fourth-order valence-electron chi connectivity index (χ4n) is 4.76. The maximum absolute atomic E-state index is 16.1. The summed E-state index contributed by atoms with van der Waals surface area (Å²) >= 11 is 12.2. The summed E-state index contributed by atoms with van der Waals surface area (Å²) in [5.74, 6) is -1.10. The molecule has 36 heavy (non-hydrogen) atoms. The van der Waals surface area contributed by atoms with Gasteiger partial charge in [-0.1, -0.05) is 35.3 Å². The summed E-state index contributed by atoms with van der Waals surface area (Å²) in [4.78, 5) is 19.9. The fourth-order valence-corrected chi connectivity index (χ4v) is 4.99. The molecule has 188 valence electrons. The molecule has 2 aromatic carbocycles. The number of fused-ring (bicyclic) bond motifs is 1. The highest BCUT2D eigenvalue weighted by Crippen LogP contribution is 2.49. The van der Waals surface area contributed by atoms with E-state index in [1.807, 2.05) is 0 Å². The monoisotopic (exact) mass is 530 g/mol. The molecule has 1 N–H and O–H groups in total. The van der Waals surface area contributed by atoms with Gasteiger partial charge in [-0.15, -0.1) is 0 Å². The van der Waals surface area contributed by atoms with Crippen molar-refractivity contribution in [2.45, 2.75) is 44.2 Å². The number of hydrogen-bond acceptors (Lipinski definition) is 5. The lowest BCUT2D eigenvalue weighted by Gasteiger charge is -2.41. The first-order chi connectivity index (χ1) is 17.1. The van der Waals surface area contributed by atoms with Crippen molar-refractivity contribution in [3.63, 3.8) is 0 Å². The topological polar surface area (TPSA) is 71.9 Å². The molecule has 0 bridgehead atoms. The predicted molar refractivity (Wildman–Crippen MR) is 133 cm³/mol. The summed E-state index contributed by atoms with van der Waals surface area (Å²) in [5, 5.41) is 11.5. The number of hydrogen-bond donors (Lipinski definition) is 1. The molecule has 0 spiro atoms. The van der Waals surface area contributed by atoms with Crippen LogP contribution in [0.1, 0.15) is 53.0 Å². The van der Waals surface area contributed by atoms with Gasteiger partial charge in [0.1, 0.15) is 5.82 Å². The number of aliphatic hydroxyl groups is 1. The van der Waals surface area contributed by atoms with E-state index in [2.05, 4.69) is 4.98 Å². The van der Waals surface area contributed by atoms with Crippen LogP contribution in [0.5, 0.6) is 0 Å². The molecule has 2 aliphatic heterocycles. The second-order valence-corrected chi connectivity index (χ2v) is 10.4. The van der Waals surface area contributed by atoms with Gasteiger partial charge >= 0.3 is 0 Å². The number of ether oxygens (including phenoxy) is 2. The molecule has 6 nitrogen and oxygen atoms in total. The van der Waals surface area contributed by atoms with Crippen LogP contribution in [0.25, 0.3) is 0 Å². The van der Waals surface area contributed by atoms with E-state index in [9.17, 15) is 9.90 Å². The third kappa shape index (κ3) is 4.40. The lowest BCUT2D eigenvalue weighted by molar-refractivity contribution is -0.148. The lowest BCUT2D eigenvalue weighted by atomic mass is 9.88. The molecule has 3 heterocycles. The number of rotatable bonds is 6. The summed E-state index contributed by atoms with van der Waals surface area (Å²) in [6, 6.07) is 13.0. The normalized spacial score (nSPS) is 21.8. The SMILES string of the molecule is CC(C)(O)c1cc(F)c2c(c1)C(=O)N(Cc1ccc(Cl)cn1)[C@@]2(O[C@H]1CCOC1)c1ccc(Cl)cc1. The zero-order valence-corrected chi connectivity index (χ0v) is 21.3. The number of aromatic nitrogens is 1. The Morgan fingerprint density at radius 1 is 1.19 bits per heavy atom. The van der Waals surface area contributed by atoms with Crippen LogP contribution in [0.2, 0.25) is 10.0 Å². The van der Waals surface area contributed by atoms with Gasteiger partial charge < -0.3 is 14.6 Å². The molecule has 2 atom stereocenters. The molecular weight excluding hydrogens is 506 g/mol. The van der Waals surface area contributed by atoms with Gasteiger partial charge in [0, 0.05) is 23.4 Å². The molecule has 1 amide bonds. The van der Waals surface area contributed by atoms with Crippen LogP contribution in [0.15, 0.2) is 54.7 Å². The third-order valence-corrected chi connectivity index (χ3v) is 7.04. The van der Waals surface area contributed by atoms with Gasteiger partial charge in [-0.2, -0.15) is 0 Å². The Hall–Kier alpha value is -2.55. The summed E-state index contributed by atoms with van der Waals surface area (Å²) in [7, 11) is 0. The summed E-state index contributed by atoms with van der Waals surface area (Å²) in [5.41, 5.74) is -1.39. The maximum atomic E-state index is 16.1. The highest BCUT2D eigenvalue weighted by atomic mass is 35.5. The molecule has 0 unspecified atom stereocenters. The summed E-state index contributed by atoms with van der Waals surface area (Å²) in [6.07, 6.45) is 1.70. The van der Waals surface area contributed by atoms with Gasteiger partial charge in [0.25, 0.3) is 5.91 Å². The van der Waals surface area contributed by atoms with Gasteiger partial charge in [0.15, 0.2) is 0 Å². The van der Waals surface area contributed by atoms with E-state index in [4.69, 9.17) is 32.7 Å². The van der Waals surface area contributed by atoms with Crippen LogP contribution in [0.3, 0.4) is 0 Å². The van der Waals surface area contributed by atoms with Crippen LogP contribution in [0.4, 0.5) is 4.39 Å². The van der Waals surface area contributed by atoms with E-state index in [1.165, 1.54) is 23.2 Å². The predicted octanol–water partition coefficient (Wildman–Crippen LogP) is 5.42. The number of nitrogens with zero attached hydrogens (tertiary/aromatic N) is 2. The fraction of sp³-hybridized carbons (Fsp3) is 0.333. The number of halogens is 3. The molecule has 2 aliphatic rings. The van der Waals surface area contributed by atoms with Crippen molar-refractivity contribution in [1.82, 2.24) is 9.88 Å². The number of amides is 1. The van der Waals surface area contributed by atoms with Crippen molar-refractivity contribution in [2.75, 3.05) is 13.2 Å². The van der Waals surface area contributed by atoms with Gasteiger partial charge in [-0.3, -0.25) is 14.7 Å². The van der Waals surface area contributed by atoms with Crippen molar-refractivity contribution >= 4 is 29.1 Å². The molecule has 0 aliphatic carbocycles. The Labute approximate surface area is 218 Å². The third-order valence-electron chi connectivity index (χ3n) is 6.56. The zero-order chi connectivity index (χ0) is 25.7. The second-order valence-electron chi connectivity index (χ2n) is 9.55. The van der Waals surface area contributed by atoms with E-state index in [0.29, 0.717) is 40.9 Å². The quantitative estimate of drug-likeness (QED) is 0.460. The van der Waals surface area contributed by atoms with Crippen molar-refractivity contribution in [3.05, 3.63) is 98.5 Å². The van der Waals surface area contributed by atoms with Gasteiger partial charge in [0.05, 0.1) is 46.7 Å². The number of pyridine rings is 1. The Morgan fingerprint density at radius 3 is 2.53 bits per heavy atom. The van der Waals surface area contributed by atoms with Crippen molar-refractivity contribution < 1.29 is 23.8 Å². The lowest BCUT2D eigenvalue weighted by Crippen LogP contribution is -2.49. The summed E-state index contributed by atoms with van der Waals surface area (Å²) in [6.45, 7) is 3.93. The molecule has 0 radical (unpaired) electrons. The highest BCUT2D eigenvalue weighted by Gasteiger charge is 2.56. The standard InChI is InChI=1S/C27H25Cl2FN2O4/c1-26(2,34)17-11-22-24(23(30)12-17)27(36-21-9-10-35-15-21,16-3-5-18(28)6-4-16)32(25(22)33)14-20-8-7-19(29)13-31-20/h3-8,11-13,21,34H,9-10,14-15H2,1-2H3/t21-,27+/m0/s1. The largest absolute Gasteiger partial charge is 0.386 e. The molecule has 1 aromatic heterocycles. The van der Waals surface area contributed by atoms with Crippen molar-refractivity contribution in [1.29, 1.82) is 0 Å². The molecule has 3 aromatic rings. The average molecular weight is 531 g/mol. The van der Waals surface area contributed by atoms with Gasteiger partial charge in [0.2, 0.25) is 5.72 Å². The van der Waals surface area contributed by atoms with Gasteiger partial charge in [-0.25, -0.2) is 4.39 Å². The molecule has 1 fully saturated rings. The van der Waals surface area contributed by atoms with E-state index in [0.717, 1.165) is 0 Å². The Kier molecular flexibility index (Phi) is 6.55. The van der Waals surface area contributed by atoms with Crippen molar-refractivity contribution in [3.8, 4) is 0 Å². The average Bonchev–Trinajstić information content (AvgIpc) is 3.42. The smallest absolute Gasteiger partial charge is 0.257 e. The molecular formula is C27H25Cl2FN2O4. The van der Waals surface area contributed by atoms with Crippen LogP contribution in [-0.2, 0) is 27.3 Å². The first-order valence-electron chi connectivity index (χ1n) is 11.6. The van der Waals surface area contributed by atoms with Crippen LogP contribution in [-0.4, -0.2) is 40.2 Å². The second kappa shape index (κ2) is 9.39. The van der Waals surface area contributed by atoms with E-state index < -0.39 is 23.1 Å². The van der Waals surface area contributed by atoms with Gasteiger partial charge in [-0.05, 0) is 62.2 Å². The number of benzene rings is 2. The summed E-state index contributed by atoms with van der Waals surface area (Å²) < 4.78 is 28.3. The van der Waals surface area contributed by atoms with Crippen LogP contribution < -0.4 is 0 Å². The van der Waals surface area contributed by atoms with E-state index in [-0.39, 0.29) is 29.3 Å². The van der Waals surface area contributed by atoms with Crippen molar-refractivity contribution in [2.24, 2.45) is 0 Å². The minimum atomic E-state index is -1.61. The Morgan fingerprint density at radius 2 is 1.92 bits per heavy atom. The molecule has 9 heteroatoms. The number of carbonyl (C=O) groups is 1. The number of carbonyl (C=O) groups excluding carboxylic acids is 1. The first kappa shape index (κ1) is 25.1. The Balaban J connectivity index is 1.76. The van der Waals surface area contributed by atoms with Crippen LogP contribution in [0, 0.1) is 5.82 Å². The van der Waals surface area contributed by atoms with E-state index >= 15 is 4.39 Å². The minimum Gasteiger partial charge on any atom is -0.386 e. The molecule has 1 saturated heterocycles. The molecule has 0 saturated carbocycles.